The molecule has 15 heavy (non-hydrogen) atoms. The molecule has 0 aliphatic heterocycles. The van der Waals surface area contributed by atoms with E-state index < -0.39 is 0 Å². The van der Waals surface area contributed by atoms with Crippen LogP contribution < -0.4 is 0 Å². The standard InChI is InChI=1S/C9H6ClN3OS/c10-8-3-7(2-1-6(8)4-14)15-9-11-5-12-13-9/h1-5H,(H,11,12,13). The maximum Gasteiger partial charge on any atom is 0.188 e. The number of nitrogens with zero attached hydrogens (tertiary/aromatic N) is 2. The Morgan fingerprint density at radius 1 is 1.47 bits per heavy atom. The Hall–Kier alpha value is -1.33. The molecule has 0 aliphatic rings. The van der Waals surface area contributed by atoms with Crippen LogP contribution in [0, 0.1) is 0 Å². The second-order valence-corrected chi connectivity index (χ2v) is 4.16. The van der Waals surface area contributed by atoms with E-state index in [1.165, 1.54) is 18.1 Å². The molecule has 0 saturated heterocycles. The number of hydrogen-bond donors (Lipinski definition) is 1. The van der Waals surface area contributed by atoms with Gasteiger partial charge in [0.25, 0.3) is 0 Å². The molecule has 0 spiro atoms. The summed E-state index contributed by atoms with van der Waals surface area (Å²) in [5.41, 5.74) is 0.485. The van der Waals surface area contributed by atoms with E-state index in [9.17, 15) is 4.79 Å². The van der Waals surface area contributed by atoms with Crippen LogP contribution in [-0.4, -0.2) is 21.5 Å². The third-order valence-electron chi connectivity index (χ3n) is 1.71. The average molecular weight is 240 g/mol. The summed E-state index contributed by atoms with van der Waals surface area (Å²) in [5, 5.41) is 7.58. The Kier molecular flexibility index (Phi) is 3.03. The maximum atomic E-state index is 10.5. The zero-order valence-electron chi connectivity index (χ0n) is 7.48. The lowest BCUT2D eigenvalue weighted by Crippen LogP contribution is -1.83. The number of aromatic amines is 1. The van der Waals surface area contributed by atoms with Gasteiger partial charge in [-0.3, -0.25) is 9.89 Å². The number of carbonyl (C=O) groups is 1. The van der Waals surface area contributed by atoms with Gasteiger partial charge < -0.3 is 0 Å². The van der Waals surface area contributed by atoms with Gasteiger partial charge in [0.1, 0.15) is 6.33 Å². The number of hydrogen-bond acceptors (Lipinski definition) is 4. The lowest BCUT2D eigenvalue weighted by Gasteiger charge is -2.00. The summed E-state index contributed by atoms with van der Waals surface area (Å²) in [7, 11) is 0. The summed E-state index contributed by atoms with van der Waals surface area (Å²) >= 11 is 7.28. The molecule has 1 aromatic heterocycles. The number of rotatable bonds is 3. The molecule has 0 atom stereocenters. The molecule has 6 heteroatoms. The first-order valence-electron chi connectivity index (χ1n) is 4.07. The van der Waals surface area contributed by atoms with Crippen molar-refractivity contribution < 1.29 is 4.79 Å². The first-order valence-corrected chi connectivity index (χ1v) is 5.27. The van der Waals surface area contributed by atoms with Crippen LogP contribution in [0.1, 0.15) is 10.4 Å². The molecule has 2 rings (SSSR count). The van der Waals surface area contributed by atoms with Gasteiger partial charge in [-0.25, -0.2) is 4.98 Å². The monoisotopic (exact) mass is 239 g/mol. The van der Waals surface area contributed by atoms with Gasteiger partial charge in [0.2, 0.25) is 0 Å². The van der Waals surface area contributed by atoms with E-state index >= 15 is 0 Å². The highest BCUT2D eigenvalue weighted by atomic mass is 35.5. The number of carbonyl (C=O) groups excluding carboxylic acids is 1. The predicted molar refractivity (Wildman–Crippen MR) is 57.3 cm³/mol. The van der Waals surface area contributed by atoms with Crippen LogP contribution in [0.15, 0.2) is 34.6 Å². The summed E-state index contributed by atoms with van der Waals surface area (Å²) in [5.74, 6) is 0. The molecule has 0 amide bonds. The van der Waals surface area contributed by atoms with Crippen LogP contribution in [0.4, 0.5) is 0 Å². The van der Waals surface area contributed by atoms with Crippen LogP contribution in [0.2, 0.25) is 5.02 Å². The van der Waals surface area contributed by atoms with Crippen molar-refractivity contribution in [1.29, 1.82) is 0 Å². The molecule has 1 aromatic carbocycles. The predicted octanol–water partition coefficient (Wildman–Crippen LogP) is 2.42. The third-order valence-corrected chi connectivity index (χ3v) is 2.91. The average Bonchev–Trinajstić information content (AvgIpc) is 2.71. The minimum atomic E-state index is 0.439. The Labute approximate surface area is 95.1 Å². The van der Waals surface area contributed by atoms with Crippen molar-refractivity contribution in [3.63, 3.8) is 0 Å². The van der Waals surface area contributed by atoms with Crippen molar-refractivity contribution in [3.8, 4) is 0 Å². The molecule has 0 fully saturated rings. The molecule has 76 valence electrons. The summed E-state index contributed by atoms with van der Waals surface area (Å²) in [4.78, 5) is 15.4. The molecule has 1 N–H and O–H groups in total. The van der Waals surface area contributed by atoms with E-state index in [4.69, 9.17) is 11.6 Å². The van der Waals surface area contributed by atoms with Crippen LogP contribution in [-0.2, 0) is 0 Å². The van der Waals surface area contributed by atoms with Crippen molar-refractivity contribution >= 4 is 29.6 Å². The molecule has 0 saturated carbocycles. The third kappa shape index (κ3) is 2.37. The van der Waals surface area contributed by atoms with E-state index in [1.54, 1.807) is 12.1 Å². The van der Waals surface area contributed by atoms with E-state index in [0.717, 1.165) is 11.2 Å². The van der Waals surface area contributed by atoms with Crippen molar-refractivity contribution in [2.75, 3.05) is 0 Å². The second-order valence-electron chi connectivity index (χ2n) is 2.69. The molecule has 2 aromatic rings. The first kappa shape index (κ1) is 10.2. The topological polar surface area (TPSA) is 58.6 Å². The van der Waals surface area contributed by atoms with Crippen LogP contribution in [0.25, 0.3) is 0 Å². The summed E-state index contributed by atoms with van der Waals surface area (Å²) in [6.45, 7) is 0. The SMILES string of the molecule is O=Cc1ccc(Sc2ncn[nH]2)cc1Cl. The molecule has 0 unspecified atom stereocenters. The fraction of sp³-hybridized carbons (Fsp3) is 0. The van der Waals surface area contributed by atoms with Gasteiger partial charge in [0.05, 0.1) is 5.02 Å². The van der Waals surface area contributed by atoms with Gasteiger partial charge in [-0.2, -0.15) is 5.10 Å². The number of aldehydes is 1. The number of halogens is 1. The summed E-state index contributed by atoms with van der Waals surface area (Å²) in [6.07, 6.45) is 2.16. The Morgan fingerprint density at radius 3 is 2.93 bits per heavy atom. The van der Waals surface area contributed by atoms with Crippen molar-refractivity contribution in [2.24, 2.45) is 0 Å². The highest BCUT2D eigenvalue weighted by Crippen LogP contribution is 2.27. The molecule has 1 heterocycles. The van der Waals surface area contributed by atoms with Gasteiger partial charge in [0, 0.05) is 10.5 Å². The number of benzene rings is 1. The number of nitrogens with one attached hydrogen (secondary N) is 1. The fourth-order valence-electron chi connectivity index (χ4n) is 1.02. The minimum absolute atomic E-state index is 0.439. The van der Waals surface area contributed by atoms with Gasteiger partial charge in [-0.1, -0.05) is 23.4 Å². The highest BCUT2D eigenvalue weighted by molar-refractivity contribution is 7.99. The van der Waals surface area contributed by atoms with E-state index in [2.05, 4.69) is 15.2 Å². The lowest BCUT2D eigenvalue weighted by atomic mass is 10.2. The minimum Gasteiger partial charge on any atom is -0.298 e. The van der Waals surface area contributed by atoms with Crippen molar-refractivity contribution in [1.82, 2.24) is 15.2 Å². The Balaban J connectivity index is 2.23. The molecule has 0 bridgehead atoms. The summed E-state index contributed by atoms with van der Waals surface area (Å²) in [6, 6.07) is 5.20. The molecule has 4 nitrogen and oxygen atoms in total. The largest absolute Gasteiger partial charge is 0.298 e. The zero-order chi connectivity index (χ0) is 10.7. The van der Waals surface area contributed by atoms with Gasteiger partial charge in [-0.05, 0) is 18.2 Å². The highest BCUT2D eigenvalue weighted by Gasteiger charge is 2.03. The molecular formula is C9H6ClN3OS. The van der Waals surface area contributed by atoms with Gasteiger partial charge >= 0.3 is 0 Å². The normalized spacial score (nSPS) is 10.2. The van der Waals surface area contributed by atoms with Crippen molar-refractivity contribution in [2.45, 2.75) is 10.1 Å². The maximum absolute atomic E-state index is 10.5. The summed E-state index contributed by atoms with van der Waals surface area (Å²) < 4.78 is 0. The smallest absolute Gasteiger partial charge is 0.188 e. The second kappa shape index (κ2) is 4.46. The Morgan fingerprint density at radius 2 is 2.33 bits per heavy atom. The molecular weight excluding hydrogens is 234 g/mol. The number of aromatic nitrogens is 3. The van der Waals surface area contributed by atoms with Crippen molar-refractivity contribution in [3.05, 3.63) is 35.1 Å². The number of H-pyrrole nitrogens is 1. The van der Waals surface area contributed by atoms with Crippen LogP contribution in [0.5, 0.6) is 0 Å². The van der Waals surface area contributed by atoms with E-state index in [0.29, 0.717) is 15.7 Å². The Bertz CT molecular complexity index is 472. The fourth-order valence-corrected chi connectivity index (χ4v) is 2.05. The lowest BCUT2D eigenvalue weighted by molar-refractivity contribution is 0.112. The zero-order valence-corrected chi connectivity index (χ0v) is 9.05. The van der Waals surface area contributed by atoms with Crippen LogP contribution >= 0.6 is 23.4 Å². The van der Waals surface area contributed by atoms with Gasteiger partial charge in [-0.15, -0.1) is 0 Å². The quantitative estimate of drug-likeness (QED) is 0.836. The van der Waals surface area contributed by atoms with Gasteiger partial charge in [0.15, 0.2) is 11.4 Å². The van der Waals surface area contributed by atoms with E-state index in [1.807, 2.05) is 6.07 Å². The molecule has 0 aliphatic carbocycles. The van der Waals surface area contributed by atoms with Crippen LogP contribution in [0.3, 0.4) is 0 Å². The molecule has 0 radical (unpaired) electrons. The van der Waals surface area contributed by atoms with E-state index in [-0.39, 0.29) is 0 Å². The first-order chi connectivity index (χ1) is 7.29.